The number of rotatable bonds is 12. The summed E-state index contributed by atoms with van der Waals surface area (Å²) in [5, 5.41) is 0. The summed E-state index contributed by atoms with van der Waals surface area (Å²) in [5.41, 5.74) is 1.10. The predicted octanol–water partition coefficient (Wildman–Crippen LogP) is 4.98. The Morgan fingerprint density at radius 2 is 1.64 bits per heavy atom. The van der Waals surface area contributed by atoms with Crippen LogP contribution in [0, 0.1) is 11.8 Å². The second-order valence-corrected chi connectivity index (χ2v) is 5.89. The van der Waals surface area contributed by atoms with Crippen LogP contribution in [-0.2, 0) is 11.2 Å². The maximum atomic E-state index is 5.61. The third kappa shape index (κ3) is 8.18. The van der Waals surface area contributed by atoms with Gasteiger partial charge in [-0.15, -0.1) is 11.8 Å². The standard InChI is InChI=1S/C21H32O4/c1-5-6-7-8-9-10-11-12-13-14-18-15-19(23-3)16-20(21(18)24-4)25-17-22-2/h15-16H,5-7,10-14,17H2,1-4H3. The van der Waals surface area contributed by atoms with Crippen molar-refractivity contribution in [3.05, 3.63) is 17.7 Å². The average Bonchev–Trinajstić information content (AvgIpc) is 2.64. The number of unbranched alkanes of at least 4 members (excludes halogenated alkanes) is 5. The molecule has 0 saturated heterocycles. The minimum absolute atomic E-state index is 0.180. The molecule has 4 heteroatoms. The molecule has 0 bridgehead atoms. The second-order valence-electron chi connectivity index (χ2n) is 5.89. The first-order chi connectivity index (χ1) is 12.3. The molecule has 0 saturated carbocycles. The van der Waals surface area contributed by atoms with Crippen molar-refractivity contribution >= 4 is 0 Å². The van der Waals surface area contributed by atoms with Crippen LogP contribution in [0.25, 0.3) is 0 Å². The van der Waals surface area contributed by atoms with Crippen molar-refractivity contribution in [2.45, 2.75) is 58.3 Å². The Balaban J connectivity index is 2.54. The van der Waals surface area contributed by atoms with Gasteiger partial charge in [0.2, 0.25) is 0 Å². The molecule has 0 amide bonds. The number of ether oxygens (including phenoxy) is 4. The topological polar surface area (TPSA) is 36.9 Å². The van der Waals surface area contributed by atoms with Crippen molar-refractivity contribution in [2.24, 2.45) is 0 Å². The molecule has 0 unspecified atom stereocenters. The molecule has 4 nitrogen and oxygen atoms in total. The number of aryl methyl sites for hydroxylation is 1. The minimum atomic E-state index is 0.180. The Bertz CT molecular complexity index is 543. The predicted molar refractivity (Wildman–Crippen MR) is 102 cm³/mol. The van der Waals surface area contributed by atoms with E-state index in [4.69, 9.17) is 18.9 Å². The highest BCUT2D eigenvalue weighted by Crippen LogP contribution is 2.36. The summed E-state index contributed by atoms with van der Waals surface area (Å²) < 4.78 is 21.5. The quantitative estimate of drug-likeness (QED) is 0.303. The highest BCUT2D eigenvalue weighted by atomic mass is 16.7. The van der Waals surface area contributed by atoms with E-state index in [1.165, 1.54) is 12.8 Å². The molecule has 0 heterocycles. The molecule has 0 atom stereocenters. The highest BCUT2D eigenvalue weighted by Gasteiger charge is 2.13. The van der Waals surface area contributed by atoms with Crippen LogP contribution in [0.3, 0.4) is 0 Å². The molecular formula is C21H32O4. The summed E-state index contributed by atoms with van der Waals surface area (Å²) in [6.45, 7) is 2.37. The molecule has 0 aliphatic carbocycles. The Hall–Kier alpha value is -1.86. The Labute approximate surface area is 152 Å². The third-order valence-electron chi connectivity index (χ3n) is 3.91. The van der Waals surface area contributed by atoms with Gasteiger partial charge in [-0.2, -0.15) is 0 Å². The van der Waals surface area contributed by atoms with Crippen LogP contribution < -0.4 is 14.2 Å². The van der Waals surface area contributed by atoms with Crippen molar-refractivity contribution in [3.8, 4) is 29.1 Å². The first-order valence-electron chi connectivity index (χ1n) is 9.09. The van der Waals surface area contributed by atoms with Gasteiger partial charge in [0.1, 0.15) is 5.75 Å². The van der Waals surface area contributed by atoms with Crippen LogP contribution in [0.15, 0.2) is 12.1 Å². The van der Waals surface area contributed by atoms with Gasteiger partial charge in [0, 0.05) is 31.6 Å². The summed E-state index contributed by atoms with van der Waals surface area (Å²) in [5.74, 6) is 8.69. The molecular weight excluding hydrogens is 316 g/mol. The fourth-order valence-electron chi connectivity index (χ4n) is 2.54. The van der Waals surface area contributed by atoms with Crippen LogP contribution >= 0.6 is 0 Å². The lowest BCUT2D eigenvalue weighted by molar-refractivity contribution is 0.0489. The maximum absolute atomic E-state index is 5.61. The Morgan fingerprint density at radius 3 is 2.28 bits per heavy atom. The Morgan fingerprint density at radius 1 is 0.880 bits per heavy atom. The van der Waals surface area contributed by atoms with Gasteiger partial charge < -0.3 is 18.9 Å². The van der Waals surface area contributed by atoms with Gasteiger partial charge in [0.05, 0.1) is 14.2 Å². The largest absolute Gasteiger partial charge is 0.497 e. The molecule has 25 heavy (non-hydrogen) atoms. The number of hydrogen-bond acceptors (Lipinski definition) is 4. The number of benzene rings is 1. The van der Waals surface area contributed by atoms with Gasteiger partial charge in [0.25, 0.3) is 0 Å². The zero-order valence-corrected chi connectivity index (χ0v) is 16.2. The zero-order valence-electron chi connectivity index (χ0n) is 16.2. The lowest BCUT2D eigenvalue weighted by atomic mass is 10.0. The second kappa shape index (κ2) is 13.4. The zero-order chi connectivity index (χ0) is 18.3. The van der Waals surface area contributed by atoms with Gasteiger partial charge in [-0.1, -0.05) is 19.8 Å². The lowest BCUT2D eigenvalue weighted by Crippen LogP contribution is -2.03. The van der Waals surface area contributed by atoms with Crippen LogP contribution in [0.5, 0.6) is 17.2 Å². The molecule has 1 aromatic rings. The van der Waals surface area contributed by atoms with Crippen LogP contribution in [0.2, 0.25) is 0 Å². The summed E-state index contributed by atoms with van der Waals surface area (Å²) in [7, 11) is 4.92. The summed E-state index contributed by atoms with van der Waals surface area (Å²) in [4.78, 5) is 0. The number of hydrogen-bond donors (Lipinski definition) is 0. The molecule has 0 N–H and O–H groups in total. The van der Waals surface area contributed by atoms with E-state index < -0.39 is 0 Å². The van der Waals surface area contributed by atoms with Crippen LogP contribution in [-0.4, -0.2) is 28.1 Å². The van der Waals surface area contributed by atoms with Crippen LogP contribution in [0.1, 0.15) is 57.4 Å². The van der Waals surface area contributed by atoms with E-state index >= 15 is 0 Å². The van der Waals surface area contributed by atoms with Gasteiger partial charge >= 0.3 is 0 Å². The average molecular weight is 348 g/mol. The van der Waals surface area contributed by atoms with E-state index in [1.54, 1.807) is 21.3 Å². The molecule has 0 spiro atoms. The van der Waals surface area contributed by atoms with Crippen molar-refractivity contribution < 1.29 is 18.9 Å². The van der Waals surface area contributed by atoms with Crippen LogP contribution in [0.4, 0.5) is 0 Å². The maximum Gasteiger partial charge on any atom is 0.188 e. The van der Waals surface area contributed by atoms with E-state index in [0.29, 0.717) is 5.75 Å². The monoisotopic (exact) mass is 348 g/mol. The fraction of sp³-hybridized carbons (Fsp3) is 0.619. The summed E-state index contributed by atoms with van der Waals surface area (Å²) in [6, 6.07) is 3.84. The van der Waals surface area contributed by atoms with Gasteiger partial charge in [0.15, 0.2) is 18.3 Å². The Kier molecular flexibility index (Phi) is 11.4. The van der Waals surface area contributed by atoms with Gasteiger partial charge in [-0.05, 0) is 31.7 Å². The van der Waals surface area contributed by atoms with E-state index in [2.05, 4.69) is 18.8 Å². The molecule has 140 valence electrons. The van der Waals surface area contributed by atoms with Gasteiger partial charge in [-0.3, -0.25) is 0 Å². The van der Waals surface area contributed by atoms with Crippen molar-refractivity contribution in [1.29, 1.82) is 0 Å². The smallest absolute Gasteiger partial charge is 0.188 e. The molecule has 0 fully saturated rings. The SMILES string of the molecule is CCCCC#CCCCCCc1cc(OC)cc(OCOC)c1OC. The molecule has 0 radical (unpaired) electrons. The molecule has 0 aliphatic heterocycles. The van der Waals surface area contributed by atoms with E-state index in [9.17, 15) is 0 Å². The lowest BCUT2D eigenvalue weighted by Gasteiger charge is -2.16. The fourth-order valence-corrected chi connectivity index (χ4v) is 2.54. The first-order valence-corrected chi connectivity index (χ1v) is 9.09. The van der Waals surface area contributed by atoms with E-state index in [1.807, 2.05) is 12.1 Å². The molecule has 0 aromatic heterocycles. The summed E-state index contributed by atoms with van der Waals surface area (Å²) >= 11 is 0. The highest BCUT2D eigenvalue weighted by molar-refractivity contribution is 5.52. The molecule has 1 aromatic carbocycles. The summed E-state index contributed by atoms with van der Waals surface area (Å²) in [6.07, 6.45) is 8.73. The molecule has 0 aliphatic rings. The molecule has 1 rings (SSSR count). The normalized spacial score (nSPS) is 10.1. The third-order valence-corrected chi connectivity index (χ3v) is 3.91. The van der Waals surface area contributed by atoms with E-state index in [0.717, 1.165) is 55.6 Å². The number of methoxy groups -OCH3 is 3. The minimum Gasteiger partial charge on any atom is -0.497 e. The van der Waals surface area contributed by atoms with Crippen molar-refractivity contribution in [3.63, 3.8) is 0 Å². The van der Waals surface area contributed by atoms with E-state index in [-0.39, 0.29) is 6.79 Å². The van der Waals surface area contributed by atoms with Crippen molar-refractivity contribution in [2.75, 3.05) is 28.1 Å². The van der Waals surface area contributed by atoms with Gasteiger partial charge in [-0.25, -0.2) is 0 Å². The first kappa shape index (κ1) is 21.2. The van der Waals surface area contributed by atoms with Crippen molar-refractivity contribution in [1.82, 2.24) is 0 Å².